The highest BCUT2D eigenvalue weighted by Crippen LogP contribution is 2.16. The highest BCUT2D eigenvalue weighted by atomic mass is 15.3. The van der Waals surface area contributed by atoms with Crippen LogP contribution in [0.15, 0.2) is 18.3 Å². The number of aromatic nitrogens is 1. The third kappa shape index (κ3) is 3.67. The van der Waals surface area contributed by atoms with Crippen molar-refractivity contribution >= 4 is 5.82 Å². The summed E-state index contributed by atoms with van der Waals surface area (Å²) in [6.45, 7) is 9.42. The van der Waals surface area contributed by atoms with Crippen molar-refractivity contribution in [1.82, 2.24) is 9.88 Å². The second-order valence-electron chi connectivity index (χ2n) is 5.39. The Hall–Kier alpha value is -1.13. The molecule has 2 N–H and O–H groups in total. The molecule has 1 fully saturated rings. The Labute approximate surface area is 116 Å². The van der Waals surface area contributed by atoms with Gasteiger partial charge in [0, 0.05) is 45.0 Å². The lowest BCUT2D eigenvalue weighted by Gasteiger charge is -2.39. The maximum Gasteiger partial charge on any atom is 0.128 e. The minimum absolute atomic E-state index is 0.553. The molecule has 1 aliphatic rings. The Morgan fingerprint density at radius 2 is 2.05 bits per heavy atom. The van der Waals surface area contributed by atoms with Crippen molar-refractivity contribution in [1.29, 1.82) is 0 Å². The molecule has 2 heterocycles. The average Bonchev–Trinajstić information content (AvgIpc) is 2.45. The van der Waals surface area contributed by atoms with Crippen LogP contribution in [-0.4, -0.2) is 48.6 Å². The molecule has 0 saturated carbocycles. The molecular formula is C15H26N4. The Kier molecular flexibility index (Phi) is 5.16. The summed E-state index contributed by atoms with van der Waals surface area (Å²) in [5.74, 6) is 1.11. The van der Waals surface area contributed by atoms with Crippen LogP contribution in [0.3, 0.4) is 0 Å². The van der Waals surface area contributed by atoms with E-state index in [4.69, 9.17) is 5.73 Å². The highest BCUT2D eigenvalue weighted by Gasteiger charge is 2.22. The van der Waals surface area contributed by atoms with Crippen LogP contribution < -0.4 is 10.6 Å². The van der Waals surface area contributed by atoms with Gasteiger partial charge < -0.3 is 10.6 Å². The van der Waals surface area contributed by atoms with E-state index in [9.17, 15) is 0 Å². The van der Waals surface area contributed by atoms with Gasteiger partial charge in [-0.05, 0) is 31.0 Å². The summed E-state index contributed by atoms with van der Waals surface area (Å²) >= 11 is 0. The maximum atomic E-state index is 5.89. The topological polar surface area (TPSA) is 45.4 Å². The molecule has 1 aromatic heterocycles. The monoisotopic (exact) mass is 262 g/mol. The van der Waals surface area contributed by atoms with Crippen molar-refractivity contribution in [2.45, 2.75) is 32.7 Å². The number of anilines is 1. The Bertz CT molecular complexity index is 385. The van der Waals surface area contributed by atoms with Crippen molar-refractivity contribution in [3.8, 4) is 0 Å². The number of nitrogens with zero attached hydrogens (tertiary/aromatic N) is 3. The summed E-state index contributed by atoms with van der Waals surface area (Å²) in [7, 11) is 0. The number of piperazine rings is 1. The Morgan fingerprint density at radius 3 is 2.63 bits per heavy atom. The maximum absolute atomic E-state index is 5.89. The van der Waals surface area contributed by atoms with Gasteiger partial charge in [0.25, 0.3) is 0 Å². The molecule has 1 aliphatic heterocycles. The first-order valence-corrected chi connectivity index (χ1v) is 7.36. The molecule has 1 atom stereocenters. The summed E-state index contributed by atoms with van der Waals surface area (Å²) in [6.07, 6.45) is 4.32. The van der Waals surface area contributed by atoms with Crippen LogP contribution in [0.1, 0.15) is 25.3 Å². The third-order valence-corrected chi connectivity index (χ3v) is 3.95. The summed E-state index contributed by atoms with van der Waals surface area (Å²) in [4.78, 5) is 9.39. The molecule has 4 nitrogen and oxygen atoms in total. The van der Waals surface area contributed by atoms with Gasteiger partial charge in [0.2, 0.25) is 0 Å². The quantitative estimate of drug-likeness (QED) is 0.876. The first kappa shape index (κ1) is 14.3. The lowest BCUT2D eigenvalue weighted by Crippen LogP contribution is -2.52. The van der Waals surface area contributed by atoms with Crippen LogP contribution in [0.25, 0.3) is 0 Å². The molecule has 4 heteroatoms. The molecule has 19 heavy (non-hydrogen) atoms. The van der Waals surface area contributed by atoms with Crippen molar-refractivity contribution in [3.63, 3.8) is 0 Å². The number of pyridine rings is 1. The highest BCUT2D eigenvalue weighted by molar-refractivity contribution is 5.41. The molecule has 106 valence electrons. The summed E-state index contributed by atoms with van der Waals surface area (Å²) in [6, 6.07) is 4.77. The van der Waals surface area contributed by atoms with Gasteiger partial charge in [-0.15, -0.1) is 0 Å². The van der Waals surface area contributed by atoms with Crippen molar-refractivity contribution < 1.29 is 0 Å². The smallest absolute Gasteiger partial charge is 0.128 e. The second kappa shape index (κ2) is 6.87. The van der Waals surface area contributed by atoms with Crippen LogP contribution in [0, 0.1) is 6.92 Å². The molecule has 1 aromatic rings. The SMILES string of the molecule is CCCC(CN)N1CCN(c2cc(C)ccn2)CC1. The molecule has 0 radical (unpaired) electrons. The number of hydrogen-bond acceptors (Lipinski definition) is 4. The van der Waals surface area contributed by atoms with E-state index >= 15 is 0 Å². The zero-order valence-electron chi connectivity index (χ0n) is 12.2. The van der Waals surface area contributed by atoms with Gasteiger partial charge in [-0.1, -0.05) is 13.3 Å². The first-order valence-electron chi connectivity index (χ1n) is 7.36. The number of nitrogens with two attached hydrogens (primary N) is 1. The number of hydrogen-bond donors (Lipinski definition) is 1. The third-order valence-electron chi connectivity index (χ3n) is 3.95. The fourth-order valence-corrected chi connectivity index (χ4v) is 2.79. The number of aryl methyl sites for hydroxylation is 1. The minimum Gasteiger partial charge on any atom is -0.354 e. The Balaban J connectivity index is 1.91. The largest absolute Gasteiger partial charge is 0.354 e. The minimum atomic E-state index is 0.553. The molecule has 1 saturated heterocycles. The normalized spacial score (nSPS) is 18.6. The summed E-state index contributed by atoms with van der Waals surface area (Å²) in [5, 5.41) is 0. The molecule has 1 unspecified atom stereocenters. The van der Waals surface area contributed by atoms with Gasteiger partial charge in [-0.3, -0.25) is 4.90 Å². The van der Waals surface area contributed by atoms with Crippen molar-refractivity contribution in [2.75, 3.05) is 37.6 Å². The number of rotatable bonds is 5. The van der Waals surface area contributed by atoms with E-state index in [2.05, 4.69) is 34.7 Å². The first-order chi connectivity index (χ1) is 9.24. The predicted molar refractivity (Wildman–Crippen MR) is 80.5 cm³/mol. The summed E-state index contributed by atoms with van der Waals surface area (Å²) in [5.41, 5.74) is 7.16. The van der Waals surface area contributed by atoms with Crippen molar-refractivity contribution in [3.05, 3.63) is 23.9 Å². The fraction of sp³-hybridized carbons (Fsp3) is 0.667. The molecule has 0 spiro atoms. The fourth-order valence-electron chi connectivity index (χ4n) is 2.79. The standard InChI is InChI=1S/C15H26N4/c1-3-4-14(12-16)18-7-9-19(10-8-18)15-11-13(2)5-6-17-15/h5-6,11,14H,3-4,7-10,12,16H2,1-2H3. The van der Waals surface area contributed by atoms with E-state index < -0.39 is 0 Å². The lowest BCUT2D eigenvalue weighted by molar-refractivity contribution is 0.179. The average molecular weight is 262 g/mol. The second-order valence-corrected chi connectivity index (χ2v) is 5.39. The molecule has 0 bridgehead atoms. The van der Waals surface area contributed by atoms with Gasteiger partial charge in [-0.25, -0.2) is 4.98 Å². The molecular weight excluding hydrogens is 236 g/mol. The van der Waals surface area contributed by atoms with Crippen LogP contribution in [-0.2, 0) is 0 Å². The zero-order chi connectivity index (χ0) is 13.7. The van der Waals surface area contributed by atoms with Gasteiger partial charge in [-0.2, -0.15) is 0 Å². The lowest BCUT2D eigenvalue weighted by atomic mass is 10.1. The van der Waals surface area contributed by atoms with E-state index in [1.807, 2.05) is 12.3 Å². The van der Waals surface area contributed by atoms with Crippen molar-refractivity contribution in [2.24, 2.45) is 5.73 Å². The molecule has 2 rings (SSSR count). The van der Waals surface area contributed by atoms with Gasteiger partial charge in [0.15, 0.2) is 0 Å². The molecule has 0 amide bonds. The van der Waals surface area contributed by atoms with Crippen LogP contribution in [0.2, 0.25) is 0 Å². The van der Waals surface area contributed by atoms with Crippen LogP contribution in [0.4, 0.5) is 5.82 Å². The van der Waals surface area contributed by atoms with Gasteiger partial charge in [0.1, 0.15) is 5.82 Å². The van der Waals surface area contributed by atoms with E-state index in [1.54, 1.807) is 0 Å². The van der Waals surface area contributed by atoms with E-state index in [0.717, 1.165) is 38.5 Å². The van der Waals surface area contributed by atoms with E-state index in [1.165, 1.54) is 18.4 Å². The van der Waals surface area contributed by atoms with Crippen LogP contribution >= 0.6 is 0 Å². The van der Waals surface area contributed by atoms with Gasteiger partial charge in [0.05, 0.1) is 0 Å². The van der Waals surface area contributed by atoms with Gasteiger partial charge >= 0.3 is 0 Å². The van der Waals surface area contributed by atoms with E-state index in [-0.39, 0.29) is 0 Å². The molecule has 0 aliphatic carbocycles. The van der Waals surface area contributed by atoms with E-state index in [0.29, 0.717) is 6.04 Å². The van der Waals surface area contributed by atoms with Crippen LogP contribution in [0.5, 0.6) is 0 Å². The Morgan fingerprint density at radius 1 is 1.32 bits per heavy atom. The predicted octanol–water partition coefficient (Wildman–Crippen LogP) is 1.64. The summed E-state index contributed by atoms with van der Waals surface area (Å²) < 4.78 is 0. The molecule has 0 aromatic carbocycles. The zero-order valence-corrected chi connectivity index (χ0v) is 12.2.